The molecule has 0 aliphatic heterocycles. The third-order valence-electron chi connectivity index (χ3n) is 5.40. The lowest BCUT2D eigenvalue weighted by Crippen LogP contribution is -1.86. The molecule has 0 bridgehead atoms. The molecule has 0 amide bonds. The lowest BCUT2D eigenvalue weighted by atomic mass is 10.0. The van der Waals surface area contributed by atoms with E-state index in [2.05, 4.69) is 25.3 Å². The van der Waals surface area contributed by atoms with Crippen LogP contribution < -0.4 is 0 Å². The summed E-state index contributed by atoms with van der Waals surface area (Å²) in [6.45, 7) is 0. The predicted octanol–water partition coefficient (Wildman–Crippen LogP) is 4.41. The summed E-state index contributed by atoms with van der Waals surface area (Å²) in [6.07, 6.45) is 7.02. The van der Waals surface area contributed by atoms with Gasteiger partial charge in [-0.3, -0.25) is 14.8 Å². The second-order valence-corrected chi connectivity index (χ2v) is 7.60. The van der Waals surface area contributed by atoms with Crippen LogP contribution in [0.1, 0.15) is 0 Å². The van der Waals surface area contributed by atoms with Crippen molar-refractivity contribution in [3.8, 4) is 39.5 Å². The van der Waals surface area contributed by atoms with E-state index in [0.29, 0.717) is 16.8 Å². The molecule has 0 radical (unpaired) electrons. The average Bonchev–Trinajstić information content (AvgIpc) is 3.49. The van der Waals surface area contributed by atoms with Crippen molar-refractivity contribution in [3.05, 3.63) is 67.0 Å². The molecular formula is C23H16FN7O. The van der Waals surface area contributed by atoms with Crippen LogP contribution in [0.5, 0.6) is 5.75 Å². The number of aromatic hydroxyl groups is 1. The molecule has 3 N–H and O–H groups in total. The number of phenolic OH excluding ortho intramolecular Hbond substituents is 1. The molecular weight excluding hydrogens is 409 g/mol. The highest BCUT2D eigenvalue weighted by Gasteiger charge is 2.16. The number of nitrogens with one attached hydrogen (secondary N) is 2. The number of hydrogen-bond donors (Lipinski definition) is 3. The van der Waals surface area contributed by atoms with E-state index >= 15 is 0 Å². The lowest BCUT2D eigenvalue weighted by Gasteiger charge is -2.04. The van der Waals surface area contributed by atoms with Crippen LogP contribution in [0.15, 0.2) is 61.2 Å². The van der Waals surface area contributed by atoms with Crippen LogP contribution in [0.3, 0.4) is 0 Å². The third-order valence-corrected chi connectivity index (χ3v) is 5.40. The van der Waals surface area contributed by atoms with Crippen molar-refractivity contribution >= 4 is 21.9 Å². The number of aryl methyl sites for hydroxylation is 1. The number of H-pyrrole nitrogens is 2. The first-order chi connectivity index (χ1) is 15.5. The molecule has 0 spiro atoms. The van der Waals surface area contributed by atoms with E-state index in [1.165, 1.54) is 12.1 Å². The van der Waals surface area contributed by atoms with Gasteiger partial charge >= 0.3 is 0 Å². The maximum Gasteiger partial charge on any atom is 0.135 e. The standard InChI is InChI=1S/C23H16FN7O/c1-31-11-13(8-26-31)18-2-3-19-22(28-18)23(30-29-19)20-7-16-17(9-25-10-21(16)27-20)12-4-14(24)6-15(32)5-12/h2-11,27,32H,1H3,(H,29,30). The zero-order chi connectivity index (χ0) is 21.8. The van der Waals surface area contributed by atoms with Crippen LogP contribution in [0, 0.1) is 5.82 Å². The fraction of sp³-hybridized carbons (Fsp3) is 0.0435. The van der Waals surface area contributed by atoms with Crippen molar-refractivity contribution in [3.63, 3.8) is 0 Å². The predicted molar refractivity (Wildman–Crippen MR) is 118 cm³/mol. The van der Waals surface area contributed by atoms with Crippen molar-refractivity contribution < 1.29 is 9.50 Å². The van der Waals surface area contributed by atoms with Gasteiger partial charge < -0.3 is 10.1 Å². The summed E-state index contributed by atoms with van der Waals surface area (Å²) in [5.41, 5.74) is 6.64. The number of phenols is 1. The summed E-state index contributed by atoms with van der Waals surface area (Å²) in [4.78, 5) is 12.4. The summed E-state index contributed by atoms with van der Waals surface area (Å²) in [5, 5.41) is 22.4. The Bertz CT molecular complexity index is 1610. The quantitative estimate of drug-likeness (QED) is 0.389. The van der Waals surface area contributed by atoms with E-state index < -0.39 is 5.82 Å². The molecule has 5 aromatic heterocycles. The SMILES string of the molecule is Cn1cc(-c2ccc3[nH]nc(-c4cc5c(-c6cc(O)cc(F)c6)cncc5[nH]4)c3n2)cn1. The number of rotatable bonds is 3. The minimum Gasteiger partial charge on any atom is -0.508 e. The Morgan fingerprint density at radius 1 is 1.00 bits per heavy atom. The molecule has 0 fully saturated rings. The molecule has 0 saturated carbocycles. The molecule has 0 saturated heterocycles. The zero-order valence-electron chi connectivity index (χ0n) is 16.8. The Kier molecular flexibility index (Phi) is 3.85. The molecule has 156 valence electrons. The third kappa shape index (κ3) is 2.90. The van der Waals surface area contributed by atoms with Crippen LogP contribution in [0.2, 0.25) is 0 Å². The van der Waals surface area contributed by atoms with Crippen molar-refractivity contribution in [2.24, 2.45) is 7.05 Å². The second kappa shape index (κ2) is 6.74. The van der Waals surface area contributed by atoms with Gasteiger partial charge in [-0.2, -0.15) is 10.2 Å². The summed E-state index contributed by atoms with van der Waals surface area (Å²) in [5.74, 6) is -0.656. The number of aromatic nitrogens is 7. The molecule has 0 aliphatic carbocycles. The highest BCUT2D eigenvalue weighted by molar-refractivity contribution is 6.00. The molecule has 5 heterocycles. The van der Waals surface area contributed by atoms with Crippen LogP contribution in [0.25, 0.3) is 55.7 Å². The summed E-state index contributed by atoms with van der Waals surface area (Å²) in [7, 11) is 1.86. The normalized spacial score (nSPS) is 11.6. The van der Waals surface area contributed by atoms with Crippen LogP contribution in [-0.2, 0) is 7.05 Å². The molecule has 9 heteroatoms. The number of benzene rings is 1. The van der Waals surface area contributed by atoms with Crippen LogP contribution in [0.4, 0.5) is 4.39 Å². The summed E-state index contributed by atoms with van der Waals surface area (Å²) < 4.78 is 15.6. The number of nitrogens with zero attached hydrogens (tertiary/aromatic N) is 5. The van der Waals surface area contributed by atoms with E-state index in [-0.39, 0.29) is 5.75 Å². The number of pyridine rings is 2. The highest BCUT2D eigenvalue weighted by atomic mass is 19.1. The van der Waals surface area contributed by atoms with Crippen molar-refractivity contribution in [2.75, 3.05) is 0 Å². The maximum absolute atomic E-state index is 13.9. The molecule has 6 rings (SSSR count). The maximum atomic E-state index is 13.9. The Hall–Kier alpha value is -4.53. The first-order valence-corrected chi connectivity index (χ1v) is 9.86. The van der Waals surface area contributed by atoms with E-state index in [1.54, 1.807) is 23.3 Å². The minimum absolute atomic E-state index is 0.141. The zero-order valence-corrected chi connectivity index (χ0v) is 16.8. The average molecular weight is 425 g/mol. The Balaban J connectivity index is 1.51. The molecule has 8 nitrogen and oxygen atoms in total. The molecule has 6 aromatic rings. The highest BCUT2D eigenvalue weighted by Crippen LogP contribution is 2.34. The molecule has 1 aromatic carbocycles. The van der Waals surface area contributed by atoms with Crippen molar-refractivity contribution in [1.82, 2.24) is 34.9 Å². The number of hydrogen-bond acceptors (Lipinski definition) is 5. The van der Waals surface area contributed by atoms with E-state index in [0.717, 1.165) is 45.0 Å². The van der Waals surface area contributed by atoms with E-state index in [4.69, 9.17) is 4.98 Å². The second-order valence-electron chi connectivity index (χ2n) is 7.60. The van der Waals surface area contributed by atoms with Crippen LogP contribution >= 0.6 is 0 Å². The smallest absolute Gasteiger partial charge is 0.135 e. The lowest BCUT2D eigenvalue weighted by molar-refractivity contribution is 0.469. The van der Waals surface area contributed by atoms with Gasteiger partial charge in [-0.05, 0) is 35.9 Å². The van der Waals surface area contributed by atoms with Gasteiger partial charge in [-0.1, -0.05) is 0 Å². The topological polar surface area (TPSA) is 108 Å². The molecule has 0 atom stereocenters. The Labute approximate surface area is 180 Å². The van der Waals surface area contributed by atoms with Gasteiger partial charge in [0.15, 0.2) is 0 Å². The molecule has 32 heavy (non-hydrogen) atoms. The van der Waals surface area contributed by atoms with Gasteiger partial charge in [0, 0.05) is 42.0 Å². The number of aromatic amines is 2. The van der Waals surface area contributed by atoms with Gasteiger partial charge in [0.05, 0.1) is 34.8 Å². The Morgan fingerprint density at radius 2 is 1.91 bits per heavy atom. The van der Waals surface area contributed by atoms with Crippen molar-refractivity contribution in [2.45, 2.75) is 0 Å². The first-order valence-electron chi connectivity index (χ1n) is 9.86. The van der Waals surface area contributed by atoms with Gasteiger partial charge in [0.25, 0.3) is 0 Å². The Morgan fingerprint density at radius 3 is 2.72 bits per heavy atom. The number of halogens is 1. The van der Waals surface area contributed by atoms with Gasteiger partial charge in [0.1, 0.15) is 22.8 Å². The first kappa shape index (κ1) is 18.3. The van der Waals surface area contributed by atoms with Crippen molar-refractivity contribution in [1.29, 1.82) is 0 Å². The molecule has 0 unspecified atom stereocenters. The number of fused-ring (bicyclic) bond motifs is 2. The van der Waals surface area contributed by atoms with E-state index in [9.17, 15) is 9.50 Å². The fourth-order valence-corrected chi connectivity index (χ4v) is 3.94. The monoisotopic (exact) mass is 425 g/mol. The van der Waals surface area contributed by atoms with Gasteiger partial charge in [0.2, 0.25) is 0 Å². The largest absolute Gasteiger partial charge is 0.508 e. The summed E-state index contributed by atoms with van der Waals surface area (Å²) in [6, 6.07) is 9.74. The van der Waals surface area contributed by atoms with Crippen LogP contribution in [-0.4, -0.2) is 40.0 Å². The fourth-order valence-electron chi connectivity index (χ4n) is 3.94. The van der Waals surface area contributed by atoms with E-state index in [1.807, 2.05) is 31.4 Å². The van der Waals surface area contributed by atoms with Gasteiger partial charge in [-0.25, -0.2) is 9.37 Å². The minimum atomic E-state index is -0.516. The molecule has 0 aliphatic rings. The summed E-state index contributed by atoms with van der Waals surface area (Å²) >= 11 is 0. The van der Waals surface area contributed by atoms with Gasteiger partial charge in [-0.15, -0.1) is 0 Å².